The van der Waals surface area contributed by atoms with Gasteiger partial charge in [-0.15, -0.1) is 0 Å². The molecule has 6 rings (SSSR count). The zero-order valence-electron chi connectivity index (χ0n) is 40.2. The Bertz CT molecular complexity index is 2700. The van der Waals surface area contributed by atoms with Gasteiger partial charge in [0, 0.05) is 84.3 Å². The van der Waals surface area contributed by atoms with Crippen molar-refractivity contribution in [2.45, 2.75) is 38.5 Å². The third kappa shape index (κ3) is 15.1. The summed E-state index contributed by atoms with van der Waals surface area (Å²) >= 11 is 13.0. The summed E-state index contributed by atoms with van der Waals surface area (Å²) in [6.07, 6.45) is -0.640. The number of ether oxygens (including phenoxy) is 3. The van der Waals surface area contributed by atoms with E-state index in [2.05, 4.69) is 21.3 Å². The highest BCUT2D eigenvalue weighted by molar-refractivity contribution is 6.34. The van der Waals surface area contributed by atoms with Crippen LogP contribution in [0, 0.1) is 0 Å². The number of carboxylic acids is 4. The molecule has 1 aromatic heterocycles. The van der Waals surface area contributed by atoms with Crippen LogP contribution in [-0.2, 0) is 40.1 Å². The quantitative estimate of drug-likeness (QED) is 0.0419. The number of benzene rings is 3. The first kappa shape index (κ1) is 55.5. The second-order valence-corrected chi connectivity index (χ2v) is 18.6. The Morgan fingerprint density at radius 1 is 0.822 bits per heavy atom. The summed E-state index contributed by atoms with van der Waals surface area (Å²) in [5, 5.41) is 53.6. The number of aliphatic carboxylic acids is 4. The van der Waals surface area contributed by atoms with E-state index in [1.807, 2.05) is 19.9 Å². The Morgan fingerprint density at radius 2 is 1.48 bits per heavy atom. The zero-order chi connectivity index (χ0) is 53.0. The van der Waals surface area contributed by atoms with Gasteiger partial charge < -0.3 is 60.8 Å². The third-order valence-electron chi connectivity index (χ3n) is 11.8. The van der Waals surface area contributed by atoms with Gasteiger partial charge >= 0.3 is 23.9 Å². The molecule has 0 spiro atoms. The number of anilines is 1. The maximum atomic E-state index is 14.4. The van der Waals surface area contributed by atoms with Crippen molar-refractivity contribution in [3.63, 3.8) is 0 Å². The Labute approximate surface area is 429 Å². The lowest BCUT2D eigenvalue weighted by Gasteiger charge is -2.41. The average Bonchev–Trinajstić information content (AvgIpc) is 3.72. The van der Waals surface area contributed by atoms with Crippen molar-refractivity contribution in [1.29, 1.82) is 0 Å². The fraction of sp³-hybridized carbons (Fsp3) is 0.417. The number of nitrogens with one attached hydrogen (secondary N) is 4. The average molecular weight is 1050 g/mol. The Balaban J connectivity index is 1.13. The van der Waals surface area contributed by atoms with Crippen LogP contribution in [0.3, 0.4) is 0 Å². The lowest BCUT2D eigenvalue weighted by molar-refractivity contribution is -0.143. The predicted octanol–water partition coefficient (Wildman–Crippen LogP) is 2.60. The van der Waals surface area contributed by atoms with Crippen LogP contribution in [-0.4, -0.2) is 190 Å². The van der Waals surface area contributed by atoms with E-state index in [0.717, 1.165) is 0 Å². The smallest absolute Gasteiger partial charge is 0.326 e. The largest absolute Gasteiger partial charge is 0.496 e. The molecule has 0 aliphatic carbocycles. The Kier molecular flexibility index (Phi) is 19.1. The van der Waals surface area contributed by atoms with Gasteiger partial charge in [-0.2, -0.15) is 5.10 Å². The van der Waals surface area contributed by atoms with Crippen molar-refractivity contribution in [2.24, 2.45) is 0 Å². The van der Waals surface area contributed by atoms with Crippen LogP contribution in [0.25, 0.3) is 28.1 Å². The van der Waals surface area contributed by atoms with Crippen LogP contribution in [0.4, 0.5) is 5.69 Å². The molecule has 2 aliphatic heterocycles. The number of halogens is 2. The molecule has 0 bridgehead atoms. The molecule has 23 nitrogen and oxygen atoms in total. The minimum absolute atomic E-state index is 0.00626. The number of nitrogens with zero attached hydrogens (tertiary/aromatic N) is 5. The standard InChI is InChI=1S/C48H57Cl2N9O14/c1-48(2)27-72-14-13-58(48)46(68)44-35-26-73-38-21-37(71-3)33(19-34(38)45(35)59(55-44)32-17-29(49)16-30(50)18-32)28-5-4-6-31(15-28)53-39(60)20-36(47(69)70)54-40(61)22-51-7-9-56(24-42(64)65)11-12-57(25-43(66)67)10-8-52-23-41(62)63/h4-6,15-19,21,36,51-52H,7-14,20,22-27H2,1-3H3,(H,53,60)(H,54,61)(H,62,63)(H,64,65)(H,66,67)(H,69,70)/t36-/m1/s1. The number of aromatic nitrogens is 2. The van der Waals surface area contributed by atoms with Crippen LogP contribution in [0.1, 0.15) is 36.3 Å². The van der Waals surface area contributed by atoms with Crippen molar-refractivity contribution in [2.75, 3.05) is 97.6 Å². The van der Waals surface area contributed by atoms with Gasteiger partial charge in [-0.25, -0.2) is 9.48 Å². The summed E-state index contributed by atoms with van der Waals surface area (Å²) in [5.41, 5.74) is 3.13. The molecule has 392 valence electrons. The molecule has 3 amide bonds. The summed E-state index contributed by atoms with van der Waals surface area (Å²) in [6, 6.07) is 13.6. The van der Waals surface area contributed by atoms with Gasteiger partial charge in [0.2, 0.25) is 11.8 Å². The normalized spacial score (nSPS) is 14.2. The van der Waals surface area contributed by atoms with Gasteiger partial charge in [-0.3, -0.25) is 38.6 Å². The highest BCUT2D eigenvalue weighted by atomic mass is 35.5. The minimum atomic E-state index is -1.62. The molecule has 3 aromatic carbocycles. The number of amides is 3. The molecule has 0 radical (unpaired) electrons. The summed E-state index contributed by atoms with van der Waals surface area (Å²) in [4.78, 5) is 91.3. The van der Waals surface area contributed by atoms with Gasteiger partial charge in [0.15, 0.2) is 5.69 Å². The first-order valence-corrected chi connectivity index (χ1v) is 23.8. The number of hydrogen-bond acceptors (Lipinski definition) is 15. The Hall–Kier alpha value is -6.86. The second-order valence-electron chi connectivity index (χ2n) is 17.8. The van der Waals surface area contributed by atoms with E-state index in [4.69, 9.17) is 47.6 Å². The highest BCUT2D eigenvalue weighted by Gasteiger charge is 2.39. The highest BCUT2D eigenvalue weighted by Crippen LogP contribution is 2.47. The van der Waals surface area contributed by atoms with Crippen molar-refractivity contribution < 1.29 is 68.2 Å². The minimum Gasteiger partial charge on any atom is -0.496 e. The molecule has 0 saturated carbocycles. The van der Waals surface area contributed by atoms with Crippen molar-refractivity contribution >= 4 is 70.5 Å². The topological polar surface area (TPSA) is 304 Å². The molecular weight excluding hydrogens is 997 g/mol. The lowest BCUT2D eigenvalue weighted by atomic mass is 9.95. The van der Waals surface area contributed by atoms with Gasteiger partial charge in [0.25, 0.3) is 5.91 Å². The number of rotatable bonds is 26. The fourth-order valence-electron chi connectivity index (χ4n) is 8.34. The number of methoxy groups -OCH3 is 1. The van der Waals surface area contributed by atoms with Gasteiger partial charge in [0.05, 0.1) is 69.8 Å². The first-order chi connectivity index (χ1) is 34.7. The maximum Gasteiger partial charge on any atom is 0.326 e. The number of morpholine rings is 1. The molecule has 4 aromatic rings. The number of hydrogen-bond donors (Lipinski definition) is 8. The van der Waals surface area contributed by atoms with Crippen LogP contribution >= 0.6 is 23.2 Å². The van der Waals surface area contributed by atoms with E-state index in [1.54, 1.807) is 58.1 Å². The number of carbonyl (C=O) groups excluding carboxylic acids is 3. The van der Waals surface area contributed by atoms with E-state index in [-0.39, 0.29) is 77.1 Å². The van der Waals surface area contributed by atoms with Crippen molar-refractivity contribution in [3.05, 3.63) is 75.9 Å². The summed E-state index contributed by atoms with van der Waals surface area (Å²) in [7, 11) is 1.49. The van der Waals surface area contributed by atoms with E-state index in [9.17, 15) is 48.9 Å². The number of carbonyl (C=O) groups is 7. The molecule has 8 N–H and O–H groups in total. The van der Waals surface area contributed by atoms with E-state index >= 15 is 0 Å². The SMILES string of the molecule is COc1cc2c(cc1-c1cccc(NC(=O)C[C@@H](NC(=O)CNCCN(CCN(CCNCC(=O)O)CC(=O)O)CC(=O)O)C(=O)O)c1)-c1c(c(C(=O)N3CCOCC3(C)C)nn1-c1cc(Cl)cc(Cl)c1)CO2. The van der Waals surface area contributed by atoms with Gasteiger partial charge in [-0.1, -0.05) is 35.3 Å². The zero-order valence-corrected chi connectivity index (χ0v) is 41.8. The van der Waals surface area contributed by atoms with E-state index < -0.39 is 60.2 Å². The van der Waals surface area contributed by atoms with Gasteiger partial charge in [0.1, 0.15) is 24.1 Å². The van der Waals surface area contributed by atoms with Crippen LogP contribution < -0.4 is 30.7 Å². The lowest BCUT2D eigenvalue weighted by Crippen LogP contribution is -2.55. The number of fused-ring (bicyclic) bond motifs is 3. The van der Waals surface area contributed by atoms with Crippen molar-refractivity contribution in [1.82, 2.24) is 40.4 Å². The maximum absolute atomic E-state index is 14.4. The molecule has 1 atom stereocenters. The van der Waals surface area contributed by atoms with Gasteiger partial charge in [-0.05, 0) is 55.8 Å². The summed E-state index contributed by atoms with van der Waals surface area (Å²) in [5.74, 6) is -5.73. The molecule has 0 unspecified atom stereocenters. The van der Waals surface area contributed by atoms with Crippen molar-refractivity contribution in [3.8, 4) is 39.6 Å². The molecule has 3 heterocycles. The molecule has 25 heteroatoms. The van der Waals surface area contributed by atoms with E-state index in [0.29, 0.717) is 80.6 Å². The predicted molar refractivity (Wildman–Crippen MR) is 266 cm³/mol. The molecular formula is C48H57Cl2N9O14. The summed E-state index contributed by atoms with van der Waals surface area (Å²) in [6.45, 7) is 4.33. The molecule has 1 saturated heterocycles. The first-order valence-electron chi connectivity index (χ1n) is 23.0. The second kappa shape index (κ2) is 25.2. The monoisotopic (exact) mass is 1050 g/mol. The fourth-order valence-corrected chi connectivity index (χ4v) is 8.86. The van der Waals surface area contributed by atoms with E-state index in [1.165, 1.54) is 16.9 Å². The molecule has 2 aliphatic rings. The molecule has 73 heavy (non-hydrogen) atoms. The van der Waals surface area contributed by atoms with Crippen LogP contribution in [0.5, 0.6) is 11.5 Å². The van der Waals surface area contributed by atoms with Crippen LogP contribution in [0.2, 0.25) is 10.0 Å². The third-order valence-corrected chi connectivity index (χ3v) is 12.2. The van der Waals surface area contributed by atoms with Crippen LogP contribution in [0.15, 0.2) is 54.6 Å². The molecule has 1 fully saturated rings. The Morgan fingerprint density at radius 3 is 2.08 bits per heavy atom. The summed E-state index contributed by atoms with van der Waals surface area (Å²) < 4.78 is 19.4. The number of carboxylic acid groups (broad SMARTS) is 4.